The van der Waals surface area contributed by atoms with Gasteiger partial charge in [-0.05, 0) is 6.92 Å². The maximum atomic E-state index is 11.4. The van der Waals surface area contributed by atoms with E-state index in [1.165, 1.54) is 4.90 Å². The van der Waals surface area contributed by atoms with E-state index in [2.05, 4.69) is 6.58 Å². The van der Waals surface area contributed by atoms with Crippen molar-refractivity contribution in [1.82, 2.24) is 9.80 Å². The topological polar surface area (TPSA) is 40.6 Å². The first-order chi connectivity index (χ1) is 6.06. The molecule has 1 aliphatic heterocycles. The van der Waals surface area contributed by atoms with E-state index < -0.39 is 0 Å². The molecule has 72 valence electrons. The molecule has 0 bridgehead atoms. The minimum Gasteiger partial charge on any atom is -0.315 e. The highest BCUT2D eigenvalue weighted by molar-refractivity contribution is 6.29. The smallest absolute Gasteiger partial charge is 0.315 e. The van der Waals surface area contributed by atoms with Gasteiger partial charge in [-0.1, -0.05) is 18.2 Å². The van der Waals surface area contributed by atoms with Gasteiger partial charge in [-0.2, -0.15) is 0 Å². The summed E-state index contributed by atoms with van der Waals surface area (Å²) in [6.45, 7) is 6.06. The molecule has 0 aliphatic carbocycles. The van der Waals surface area contributed by atoms with Gasteiger partial charge in [0.1, 0.15) is 6.54 Å². The molecular formula is C8H11ClN2O2. The molecule has 0 atom stereocenters. The molecule has 0 radical (unpaired) electrons. The minimum absolute atomic E-state index is 0.107. The monoisotopic (exact) mass is 202 g/mol. The van der Waals surface area contributed by atoms with Gasteiger partial charge in [-0.15, -0.1) is 0 Å². The van der Waals surface area contributed by atoms with E-state index in [1.54, 1.807) is 0 Å². The quantitative estimate of drug-likeness (QED) is 0.642. The highest BCUT2D eigenvalue weighted by Crippen LogP contribution is 2.12. The van der Waals surface area contributed by atoms with Crippen molar-refractivity contribution >= 4 is 23.5 Å². The summed E-state index contributed by atoms with van der Waals surface area (Å²) in [5.74, 6) is -0.214. The van der Waals surface area contributed by atoms with Crippen molar-refractivity contribution in [3.8, 4) is 0 Å². The van der Waals surface area contributed by atoms with Crippen molar-refractivity contribution in [2.75, 3.05) is 19.6 Å². The molecule has 1 rings (SSSR count). The molecule has 0 N–H and O–H groups in total. The van der Waals surface area contributed by atoms with E-state index in [0.717, 1.165) is 4.90 Å². The van der Waals surface area contributed by atoms with Crippen LogP contribution in [0.5, 0.6) is 0 Å². The van der Waals surface area contributed by atoms with Crippen LogP contribution in [0.1, 0.15) is 6.92 Å². The average molecular weight is 203 g/mol. The summed E-state index contributed by atoms with van der Waals surface area (Å²) >= 11 is 5.52. The van der Waals surface area contributed by atoms with Crippen LogP contribution < -0.4 is 0 Å². The van der Waals surface area contributed by atoms with E-state index in [0.29, 0.717) is 11.6 Å². The van der Waals surface area contributed by atoms with Gasteiger partial charge >= 0.3 is 6.03 Å². The maximum absolute atomic E-state index is 11.4. The summed E-state index contributed by atoms with van der Waals surface area (Å²) in [7, 11) is 0. The van der Waals surface area contributed by atoms with Crippen LogP contribution in [0.4, 0.5) is 4.79 Å². The van der Waals surface area contributed by atoms with Crippen LogP contribution in [-0.2, 0) is 4.79 Å². The van der Waals surface area contributed by atoms with Gasteiger partial charge in [0.05, 0.1) is 6.54 Å². The first-order valence-corrected chi connectivity index (χ1v) is 4.36. The summed E-state index contributed by atoms with van der Waals surface area (Å²) in [5.41, 5.74) is 0. The summed E-state index contributed by atoms with van der Waals surface area (Å²) < 4.78 is 0. The summed E-state index contributed by atoms with van der Waals surface area (Å²) in [6.07, 6.45) is 0. The fraction of sp³-hybridized carbons (Fsp3) is 0.500. The van der Waals surface area contributed by atoms with Crippen molar-refractivity contribution < 1.29 is 9.59 Å². The van der Waals surface area contributed by atoms with Crippen molar-refractivity contribution in [3.05, 3.63) is 11.6 Å². The number of carbonyl (C=O) groups is 2. The summed E-state index contributed by atoms with van der Waals surface area (Å²) in [5, 5.41) is 0.291. The van der Waals surface area contributed by atoms with Gasteiger partial charge in [-0.3, -0.25) is 9.69 Å². The van der Waals surface area contributed by atoms with Crippen molar-refractivity contribution in [2.24, 2.45) is 0 Å². The SMILES string of the molecule is C=C(Cl)CN1C(=O)CN(CC)C1=O. The van der Waals surface area contributed by atoms with Crippen LogP contribution in [0.15, 0.2) is 11.6 Å². The Labute approximate surface area is 81.7 Å². The Morgan fingerprint density at radius 3 is 2.62 bits per heavy atom. The second-order valence-electron chi connectivity index (χ2n) is 2.79. The molecule has 0 unspecified atom stereocenters. The number of urea groups is 1. The number of carbonyl (C=O) groups excluding carboxylic acids is 2. The number of imide groups is 1. The number of amides is 3. The molecule has 0 saturated carbocycles. The molecule has 3 amide bonds. The van der Waals surface area contributed by atoms with Gasteiger partial charge in [-0.25, -0.2) is 4.79 Å². The average Bonchev–Trinajstić information content (AvgIpc) is 2.31. The number of likely N-dealkylation sites (N-methyl/N-ethyl adjacent to an activating group) is 1. The zero-order valence-corrected chi connectivity index (χ0v) is 8.17. The predicted molar refractivity (Wildman–Crippen MR) is 49.3 cm³/mol. The number of hydrogen-bond donors (Lipinski definition) is 0. The van der Waals surface area contributed by atoms with E-state index in [4.69, 9.17) is 11.6 Å². The molecule has 1 fully saturated rings. The van der Waals surface area contributed by atoms with Crippen molar-refractivity contribution in [1.29, 1.82) is 0 Å². The van der Waals surface area contributed by atoms with Crippen LogP contribution >= 0.6 is 11.6 Å². The maximum Gasteiger partial charge on any atom is 0.327 e. The molecule has 1 heterocycles. The zero-order chi connectivity index (χ0) is 10.0. The number of halogens is 1. The number of nitrogens with zero attached hydrogens (tertiary/aromatic N) is 2. The zero-order valence-electron chi connectivity index (χ0n) is 7.42. The highest BCUT2D eigenvalue weighted by Gasteiger charge is 2.34. The van der Waals surface area contributed by atoms with E-state index in [9.17, 15) is 9.59 Å². The van der Waals surface area contributed by atoms with E-state index >= 15 is 0 Å². The minimum atomic E-state index is -0.283. The summed E-state index contributed by atoms with van der Waals surface area (Å²) in [4.78, 5) is 25.2. The molecule has 4 nitrogen and oxygen atoms in total. The normalized spacial score (nSPS) is 17.1. The fourth-order valence-electron chi connectivity index (χ4n) is 1.17. The Hall–Kier alpha value is -1.03. The molecule has 0 aromatic rings. The molecule has 0 aromatic carbocycles. The van der Waals surface area contributed by atoms with Crippen LogP contribution in [0.2, 0.25) is 0 Å². The molecule has 1 saturated heterocycles. The first-order valence-electron chi connectivity index (χ1n) is 3.98. The standard InChI is InChI=1S/C8H11ClN2O2/c1-3-10-5-7(12)11(8(10)13)4-6(2)9/h2-5H2,1H3. The van der Waals surface area contributed by atoms with Crippen LogP contribution in [-0.4, -0.2) is 41.4 Å². The second kappa shape index (κ2) is 3.79. The Kier molecular flexibility index (Phi) is 2.93. The Balaban J connectivity index is 2.70. The van der Waals surface area contributed by atoms with E-state index in [-0.39, 0.29) is 25.0 Å². The highest BCUT2D eigenvalue weighted by atomic mass is 35.5. The molecule has 1 aliphatic rings. The van der Waals surface area contributed by atoms with Gasteiger partial charge < -0.3 is 4.90 Å². The van der Waals surface area contributed by atoms with Crippen LogP contribution in [0.25, 0.3) is 0 Å². The second-order valence-corrected chi connectivity index (χ2v) is 3.33. The third-order valence-electron chi connectivity index (χ3n) is 1.84. The fourth-order valence-corrected chi connectivity index (χ4v) is 1.29. The number of hydrogen-bond acceptors (Lipinski definition) is 2. The van der Waals surface area contributed by atoms with Gasteiger partial charge in [0.25, 0.3) is 5.91 Å². The predicted octanol–water partition coefficient (Wildman–Crippen LogP) is 1.02. The Morgan fingerprint density at radius 1 is 1.62 bits per heavy atom. The lowest BCUT2D eigenvalue weighted by Gasteiger charge is -2.14. The summed E-state index contributed by atoms with van der Waals surface area (Å²) in [6, 6.07) is -0.283. The lowest BCUT2D eigenvalue weighted by molar-refractivity contribution is -0.125. The largest absolute Gasteiger partial charge is 0.327 e. The van der Waals surface area contributed by atoms with Gasteiger partial charge in [0, 0.05) is 11.6 Å². The molecule has 0 aromatic heterocycles. The molecule has 0 spiro atoms. The first kappa shape index (κ1) is 10.1. The van der Waals surface area contributed by atoms with Crippen LogP contribution in [0, 0.1) is 0 Å². The molecule has 5 heteroatoms. The van der Waals surface area contributed by atoms with Gasteiger partial charge in [0.15, 0.2) is 0 Å². The Morgan fingerprint density at radius 2 is 2.23 bits per heavy atom. The van der Waals surface area contributed by atoms with Crippen molar-refractivity contribution in [2.45, 2.75) is 6.92 Å². The third kappa shape index (κ3) is 2.01. The van der Waals surface area contributed by atoms with Gasteiger partial charge in [0.2, 0.25) is 0 Å². The van der Waals surface area contributed by atoms with Crippen LogP contribution in [0.3, 0.4) is 0 Å². The lowest BCUT2D eigenvalue weighted by atomic mass is 10.5. The molecular weight excluding hydrogens is 192 g/mol. The Bertz CT molecular complexity index is 265. The molecule has 13 heavy (non-hydrogen) atoms. The lowest BCUT2D eigenvalue weighted by Crippen LogP contribution is -2.33. The van der Waals surface area contributed by atoms with E-state index in [1.807, 2.05) is 6.92 Å². The third-order valence-corrected chi connectivity index (χ3v) is 1.96. The number of rotatable bonds is 3. The van der Waals surface area contributed by atoms with Crippen molar-refractivity contribution in [3.63, 3.8) is 0 Å².